The number of benzene rings is 4. The van der Waals surface area contributed by atoms with E-state index in [-0.39, 0.29) is 5.84 Å². The summed E-state index contributed by atoms with van der Waals surface area (Å²) in [7, 11) is 0. The Bertz CT molecular complexity index is 1690. The molecule has 0 unspecified atom stereocenters. The highest BCUT2D eigenvalue weighted by Gasteiger charge is 2.12. The molecule has 6 rings (SSSR count). The molecule has 0 heterocycles. The number of hydrogen-bond donors (Lipinski definition) is 2. The van der Waals surface area contributed by atoms with E-state index in [2.05, 4.69) is 109 Å². The molecule has 2 aliphatic carbocycles. The Hall–Kier alpha value is -5.02. The molecular formula is C39H37N3. The van der Waals surface area contributed by atoms with E-state index in [1.807, 2.05) is 42.5 Å². The summed E-state index contributed by atoms with van der Waals surface area (Å²) in [5.74, 6) is 0.580. The summed E-state index contributed by atoms with van der Waals surface area (Å²) in [5, 5.41) is 8.45. The first kappa shape index (κ1) is 28.5. The Balaban J connectivity index is 0.000000226. The summed E-state index contributed by atoms with van der Waals surface area (Å²) < 4.78 is 0. The van der Waals surface area contributed by atoms with Gasteiger partial charge in [-0.05, 0) is 78.1 Å². The molecule has 0 fully saturated rings. The molecule has 0 saturated carbocycles. The third-order valence-corrected chi connectivity index (χ3v) is 7.37. The molecule has 0 aliphatic heterocycles. The Kier molecular flexibility index (Phi) is 9.54. The van der Waals surface area contributed by atoms with E-state index in [4.69, 9.17) is 11.1 Å². The fourth-order valence-electron chi connectivity index (χ4n) is 5.14. The van der Waals surface area contributed by atoms with Gasteiger partial charge < -0.3 is 5.73 Å². The first-order valence-corrected chi connectivity index (χ1v) is 14.6. The van der Waals surface area contributed by atoms with Crippen LogP contribution in [0.3, 0.4) is 0 Å². The second kappa shape index (κ2) is 14.0. The number of nitrogens with two attached hydrogens (primary N) is 1. The molecule has 2 aliphatic rings. The van der Waals surface area contributed by atoms with E-state index in [9.17, 15) is 0 Å². The van der Waals surface area contributed by atoms with Gasteiger partial charge in [-0.1, -0.05) is 133 Å². The lowest BCUT2D eigenvalue weighted by Crippen LogP contribution is -2.17. The van der Waals surface area contributed by atoms with Crippen LogP contribution in [0.5, 0.6) is 0 Å². The fraction of sp³-hybridized carbons (Fsp3) is 0.128. The average molecular weight is 548 g/mol. The van der Waals surface area contributed by atoms with Crippen LogP contribution >= 0.6 is 0 Å². The molecule has 0 radical (unpaired) electrons. The van der Waals surface area contributed by atoms with Gasteiger partial charge in [0.25, 0.3) is 0 Å². The van der Waals surface area contributed by atoms with Crippen molar-refractivity contribution in [2.75, 3.05) is 0 Å². The summed E-state index contributed by atoms with van der Waals surface area (Å²) in [6.45, 7) is 2.12. The zero-order chi connectivity index (χ0) is 29.1. The van der Waals surface area contributed by atoms with Gasteiger partial charge in [0.15, 0.2) is 5.84 Å². The molecule has 3 nitrogen and oxygen atoms in total. The van der Waals surface area contributed by atoms with Gasteiger partial charge in [-0.3, -0.25) is 5.41 Å². The summed E-state index contributed by atoms with van der Waals surface area (Å²) in [6.07, 6.45) is 14.8. The molecule has 0 aromatic heterocycles. The Morgan fingerprint density at radius 1 is 0.690 bits per heavy atom. The SMILES string of the molecule is Cc1cccc(-c2ccccc2)c1.N=C(N=C(N)C1=CCCC(c2ccccc2)=C1)c1cccc(C2=CCCC=C2)c1. The van der Waals surface area contributed by atoms with Gasteiger partial charge >= 0.3 is 0 Å². The molecule has 4 aromatic rings. The minimum atomic E-state index is 0.186. The van der Waals surface area contributed by atoms with E-state index in [0.717, 1.165) is 42.4 Å². The second-order valence-corrected chi connectivity index (χ2v) is 10.5. The van der Waals surface area contributed by atoms with Crippen LogP contribution in [-0.4, -0.2) is 11.7 Å². The van der Waals surface area contributed by atoms with Crippen LogP contribution in [0, 0.1) is 12.3 Å². The van der Waals surface area contributed by atoms with Gasteiger partial charge in [-0.25, -0.2) is 4.99 Å². The highest BCUT2D eigenvalue weighted by atomic mass is 14.9. The molecule has 208 valence electrons. The lowest BCUT2D eigenvalue weighted by atomic mass is 9.93. The number of hydrogen-bond acceptors (Lipinski definition) is 1. The van der Waals surface area contributed by atoms with Crippen molar-refractivity contribution in [3.8, 4) is 11.1 Å². The summed E-state index contributed by atoms with van der Waals surface area (Å²) in [5.41, 5.74) is 16.6. The van der Waals surface area contributed by atoms with Gasteiger partial charge in [-0.15, -0.1) is 0 Å². The third kappa shape index (κ3) is 7.58. The van der Waals surface area contributed by atoms with Crippen LogP contribution in [0.1, 0.15) is 47.9 Å². The Morgan fingerprint density at radius 2 is 1.38 bits per heavy atom. The average Bonchev–Trinajstić information content (AvgIpc) is 3.06. The predicted molar refractivity (Wildman–Crippen MR) is 180 cm³/mol. The monoisotopic (exact) mass is 547 g/mol. The highest BCUT2D eigenvalue weighted by Crippen LogP contribution is 2.27. The van der Waals surface area contributed by atoms with Crippen LogP contribution in [0.25, 0.3) is 22.3 Å². The van der Waals surface area contributed by atoms with Crippen LogP contribution in [0.4, 0.5) is 0 Å². The zero-order valence-corrected chi connectivity index (χ0v) is 24.1. The lowest BCUT2D eigenvalue weighted by Gasteiger charge is -2.14. The maximum atomic E-state index is 8.45. The van der Waals surface area contributed by atoms with Gasteiger partial charge in [-0.2, -0.15) is 0 Å². The largest absolute Gasteiger partial charge is 0.383 e. The number of amidine groups is 2. The van der Waals surface area contributed by atoms with Crippen molar-refractivity contribution in [1.82, 2.24) is 0 Å². The van der Waals surface area contributed by atoms with Gasteiger partial charge in [0.1, 0.15) is 5.84 Å². The summed E-state index contributed by atoms with van der Waals surface area (Å²) >= 11 is 0. The molecule has 0 saturated heterocycles. The number of allylic oxidation sites excluding steroid dienone is 6. The van der Waals surface area contributed by atoms with E-state index in [0.29, 0.717) is 5.84 Å². The quantitative estimate of drug-likeness (QED) is 0.190. The number of aryl methyl sites for hydroxylation is 1. The Morgan fingerprint density at radius 3 is 2.10 bits per heavy atom. The molecule has 0 spiro atoms. The first-order chi connectivity index (χ1) is 20.6. The fourth-order valence-corrected chi connectivity index (χ4v) is 5.14. The molecule has 0 bridgehead atoms. The molecule has 0 amide bonds. The van der Waals surface area contributed by atoms with Crippen molar-refractivity contribution < 1.29 is 0 Å². The van der Waals surface area contributed by atoms with Crippen LogP contribution in [0.15, 0.2) is 150 Å². The van der Waals surface area contributed by atoms with Gasteiger partial charge in [0.2, 0.25) is 0 Å². The second-order valence-electron chi connectivity index (χ2n) is 10.5. The topological polar surface area (TPSA) is 62.2 Å². The van der Waals surface area contributed by atoms with Crippen molar-refractivity contribution in [3.63, 3.8) is 0 Å². The number of aliphatic imine (C=N–C) groups is 1. The van der Waals surface area contributed by atoms with Crippen molar-refractivity contribution in [3.05, 3.63) is 167 Å². The normalized spacial score (nSPS) is 14.6. The summed E-state index contributed by atoms with van der Waals surface area (Å²) in [4.78, 5) is 4.41. The first-order valence-electron chi connectivity index (χ1n) is 14.6. The maximum Gasteiger partial charge on any atom is 0.154 e. The van der Waals surface area contributed by atoms with Crippen LogP contribution in [0.2, 0.25) is 0 Å². The van der Waals surface area contributed by atoms with Gasteiger partial charge in [0.05, 0.1) is 0 Å². The standard InChI is InChI=1S/C26H25N3.C13H12/c27-25(23-15-7-13-21(17-23)19-9-3-1-4-10-19)29-26(28)24-16-8-14-22(18-24)20-11-5-2-6-12-20;1-11-6-5-9-13(10-11)12-7-3-2-4-8-12/h1,3-5,8-12,14-18H,2,6-7,13H2,(H3,27,28,29);2-10H,1H3. The molecule has 3 N–H and O–H groups in total. The Labute approximate surface area is 249 Å². The zero-order valence-electron chi connectivity index (χ0n) is 24.1. The maximum absolute atomic E-state index is 8.45. The molecule has 3 heteroatoms. The minimum Gasteiger partial charge on any atom is -0.383 e. The molecular weight excluding hydrogens is 510 g/mol. The van der Waals surface area contributed by atoms with Crippen molar-refractivity contribution in [1.29, 1.82) is 5.41 Å². The van der Waals surface area contributed by atoms with Crippen LogP contribution in [-0.2, 0) is 0 Å². The minimum absolute atomic E-state index is 0.186. The van der Waals surface area contributed by atoms with Crippen LogP contribution < -0.4 is 5.73 Å². The van der Waals surface area contributed by atoms with Crippen molar-refractivity contribution in [2.24, 2.45) is 10.7 Å². The number of nitrogens with one attached hydrogen (secondary N) is 1. The number of rotatable bonds is 5. The van der Waals surface area contributed by atoms with E-state index in [1.165, 1.54) is 33.4 Å². The molecule has 42 heavy (non-hydrogen) atoms. The smallest absolute Gasteiger partial charge is 0.154 e. The van der Waals surface area contributed by atoms with E-state index in [1.54, 1.807) is 0 Å². The van der Waals surface area contributed by atoms with Crippen molar-refractivity contribution >= 4 is 22.8 Å². The van der Waals surface area contributed by atoms with E-state index >= 15 is 0 Å². The van der Waals surface area contributed by atoms with Crippen molar-refractivity contribution in [2.45, 2.75) is 32.6 Å². The summed E-state index contributed by atoms with van der Waals surface area (Å²) in [6, 6.07) is 37.3. The molecule has 4 aromatic carbocycles. The number of nitrogens with zero attached hydrogens (tertiary/aromatic N) is 1. The third-order valence-electron chi connectivity index (χ3n) is 7.37. The van der Waals surface area contributed by atoms with Gasteiger partial charge in [0, 0.05) is 11.1 Å². The predicted octanol–water partition coefficient (Wildman–Crippen LogP) is 9.57. The highest BCUT2D eigenvalue weighted by molar-refractivity contribution is 6.11. The van der Waals surface area contributed by atoms with E-state index < -0.39 is 0 Å². The molecule has 0 atom stereocenters. The lowest BCUT2D eigenvalue weighted by molar-refractivity contribution is 1.04.